The van der Waals surface area contributed by atoms with Gasteiger partial charge in [-0.2, -0.15) is 0 Å². The van der Waals surface area contributed by atoms with Gasteiger partial charge in [0.15, 0.2) is 6.04 Å². The zero-order valence-electron chi connectivity index (χ0n) is 11.6. The largest absolute Gasteiger partial charge is 0.324 e. The molecule has 2 aliphatic rings. The number of rotatable bonds is 2. The molecular formula is C15H17Cl2N2O2+. The molecule has 0 aliphatic carbocycles. The predicted molar refractivity (Wildman–Crippen MR) is 81.9 cm³/mol. The van der Waals surface area contributed by atoms with Crippen molar-refractivity contribution in [1.29, 1.82) is 0 Å². The van der Waals surface area contributed by atoms with Gasteiger partial charge in [-0.25, -0.2) is 4.90 Å². The van der Waals surface area contributed by atoms with Crippen LogP contribution in [0.4, 0.5) is 5.69 Å². The normalized spacial score (nSPS) is 23.9. The van der Waals surface area contributed by atoms with Crippen LogP contribution in [0.2, 0.25) is 10.0 Å². The molecule has 0 spiro atoms. The molecule has 4 nitrogen and oxygen atoms in total. The van der Waals surface area contributed by atoms with E-state index in [0.717, 1.165) is 25.9 Å². The number of nitrogens with zero attached hydrogens (tertiary/aromatic N) is 1. The molecule has 112 valence electrons. The Morgan fingerprint density at radius 2 is 1.76 bits per heavy atom. The summed E-state index contributed by atoms with van der Waals surface area (Å²) in [6.07, 6.45) is 3.75. The molecule has 3 rings (SSSR count). The molecule has 1 atom stereocenters. The number of carbonyl (C=O) groups excluding carboxylic acids is 2. The van der Waals surface area contributed by atoms with E-state index in [1.807, 2.05) is 0 Å². The third-order valence-electron chi connectivity index (χ3n) is 4.30. The van der Waals surface area contributed by atoms with Crippen molar-refractivity contribution in [2.45, 2.75) is 31.7 Å². The second kappa shape index (κ2) is 5.95. The van der Waals surface area contributed by atoms with Gasteiger partial charge in [-0.3, -0.25) is 9.59 Å². The van der Waals surface area contributed by atoms with Gasteiger partial charge in [0.05, 0.1) is 35.2 Å². The summed E-state index contributed by atoms with van der Waals surface area (Å²) in [6.45, 7) is 1.94. The number of benzene rings is 1. The van der Waals surface area contributed by atoms with Gasteiger partial charge in [-0.05, 0) is 37.5 Å². The first-order valence-corrected chi connectivity index (χ1v) is 8.00. The van der Waals surface area contributed by atoms with Gasteiger partial charge in [-0.1, -0.05) is 23.2 Å². The molecular weight excluding hydrogens is 311 g/mol. The van der Waals surface area contributed by atoms with E-state index in [4.69, 9.17) is 23.2 Å². The van der Waals surface area contributed by atoms with E-state index < -0.39 is 0 Å². The number of carbonyl (C=O) groups is 2. The minimum Gasteiger partial charge on any atom is -0.324 e. The Hall–Kier alpha value is -1.10. The second-order valence-corrected chi connectivity index (χ2v) is 6.46. The number of piperidine rings is 1. The van der Waals surface area contributed by atoms with Crippen LogP contribution in [-0.2, 0) is 9.59 Å². The molecule has 2 heterocycles. The Morgan fingerprint density at radius 3 is 2.43 bits per heavy atom. The summed E-state index contributed by atoms with van der Waals surface area (Å²) < 4.78 is 0. The second-order valence-electron chi connectivity index (χ2n) is 5.64. The first-order valence-electron chi connectivity index (χ1n) is 7.24. The zero-order chi connectivity index (χ0) is 15.0. The maximum absolute atomic E-state index is 12.6. The van der Waals surface area contributed by atoms with Gasteiger partial charge in [0.1, 0.15) is 0 Å². The molecule has 0 aromatic heterocycles. The van der Waals surface area contributed by atoms with Crippen molar-refractivity contribution in [2.24, 2.45) is 0 Å². The number of halogens is 2. The fraction of sp³-hybridized carbons (Fsp3) is 0.467. The van der Waals surface area contributed by atoms with Crippen molar-refractivity contribution < 1.29 is 14.5 Å². The molecule has 2 saturated heterocycles. The molecule has 0 saturated carbocycles. The average Bonchev–Trinajstić information content (AvgIpc) is 2.78. The van der Waals surface area contributed by atoms with Gasteiger partial charge in [-0.15, -0.1) is 0 Å². The van der Waals surface area contributed by atoms with E-state index in [1.54, 1.807) is 18.2 Å². The van der Waals surface area contributed by atoms with Crippen LogP contribution in [0.25, 0.3) is 0 Å². The van der Waals surface area contributed by atoms with E-state index in [-0.39, 0.29) is 24.3 Å². The highest BCUT2D eigenvalue weighted by Gasteiger charge is 2.45. The van der Waals surface area contributed by atoms with E-state index in [1.165, 1.54) is 16.2 Å². The molecule has 2 amide bonds. The monoisotopic (exact) mass is 327 g/mol. The first kappa shape index (κ1) is 14.8. The Balaban J connectivity index is 1.84. The number of hydrogen-bond acceptors (Lipinski definition) is 2. The molecule has 6 heteroatoms. The minimum atomic E-state index is -0.243. The van der Waals surface area contributed by atoms with Crippen LogP contribution < -0.4 is 9.80 Å². The summed E-state index contributed by atoms with van der Waals surface area (Å²) in [4.78, 5) is 27.4. The summed E-state index contributed by atoms with van der Waals surface area (Å²) in [5.41, 5.74) is 0.512. The van der Waals surface area contributed by atoms with Crippen molar-refractivity contribution >= 4 is 40.7 Å². The molecule has 1 N–H and O–H groups in total. The molecule has 1 aromatic carbocycles. The van der Waals surface area contributed by atoms with Crippen LogP contribution in [0.5, 0.6) is 0 Å². The molecule has 0 bridgehead atoms. The molecule has 2 aliphatic heterocycles. The Bertz CT molecular complexity index is 585. The van der Waals surface area contributed by atoms with Crippen LogP contribution in [-0.4, -0.2) is 30.9 Å². The van der Waals surface area contributed by atoms with Crippen LogP contribution in [0.1, 0.15) is 25.7 Å². The summed E-state index contributed by atoms with van der Waals surface area (Å²) in [5.74, 6) is -0.267. The van der Waals surface area contributed by atoms with Crippen LogP contribution >= 0.6 is 23.2 Å². The first-order chi connectivity index (χ1) is 10.1. The summed E-state index contributed by atoms with van der Waals surface area (Å²) in [6, 6.07) is 4.61. The lowest BCUT2D eigenvalue weighted by atomic mass is 10.1. The topological polar surface area (TPSA) is 41.8 Å². The smallest absolute Gasteiger partial charge is 0.292 e. The van der Waals surface area contributed by atoms with Crippen molar-refractivity contribution in [3.63, 3.8) is 0 Å². The number of likely N-dealkylation sites (tertiary alicyclic amines) is 1. The lowest BCUT2D eigenvalue weighted by molar-refractivity contribution is -0.919. The fourth-order valence-corrected chi connectivity index (χ4v) is 3.49. The highest BCUT2D eigenvalue weighted by Crippen LogP contribution is 2.29. The third-order valence-corrected chi connectivity index (χ3v) is 5.04. The van der Waals surface area contributed by atoms with Crippen molar-refractivity contribution in [1.82, 2.24) is 0 Å². The van der Waals surface area contributed by atoms with Crippen LogP contribution in [0.15, 0.2) is 18.2 Å². The fourth-order valence-electron chi connectivity index (χ4n) is 3.20. The SMILES string of the molecule is O=C1CC([NH+]2CCCCC2)C(=O)N1c1ccc(Cl)c(Cl)c1. The Kier molecular flexibility index (Phi) is 4.20. The number of quaternary nitrogens is 1. The van der Waals surface area contributed by atoms with Crippen molar-refractivity contribution in [3.8, 4) is 0 Å². The van der Waals surface area contributed by atoms with Crippen molar-refractivity contribution in [3.05, 3.63) is 28.2 Å². The molecule has 2 fully saturated rings. The lowest BCUT2D eigenvalue weighted by Gasteiger charge is -2.27. The molecule has 21 heavy (non-hydrogen) atoms. The molecule has 1 aromatic rings. The Morgan fingerprint density at radius 1 is 1.05 bits per heavy atom. The highest BCUT2D eigenvalue weighted by molar-refractivity contribution is 6.42. The molecule has 1 unspecified atom stereocenters. The number of amides is 2. The van der Waals surface area contributed by atoms with Crippen molar-refractivity contribution in [2.75, 3.05) is 18.0 Å². The lowest BCUT2D eigenvalue weighted by Crippen LogP contribution is -3.17. The predicted octanol–water partition coefficient (Wildman–Crippen LogP) is 1.69. The van der Waals surface area contributed by atoms with E-state index in [0.29, 0.717) is 15.7 Å². The van der Waals surface area contributed by atoms with E-state index in [9.17, 15) is 9.59 Å². The van der Waals surface area contributed by atoms with Gasteiger partial charge in [0.25, 0.3) is 5.91 Å². The van der Waals surface area contributed by atoms with Gasteiger partial charge >= 0.3 is 0 Å². The highest BCUT2D eigenvalue weighted by atomic mass is 35.5. The van der Waals surface area contributed by atoms with Gasteiger partial charge in [0.2, 0.25) is 5.91 Å². The number of hydrogen-bond donors (Lipinski definition) is 1. The van der Waals surface area contributed by atoms with Gasteiger partial charge in [0, 0.05) is 0 Å². The summed E-state index contributed by atoms with van der Waals surface area (Å²) >= 11 is 11.9. The maximum Gasteiger partial charge on any atom is 0.292 e. The quantitative estimate of drug-likeness (QED) is 0.840. The van der Waals surface area contributed by atoms with E-state index in [2.05, 4.69) is 0 Å². The standard InChI is InChI=1S/C15H16Cl2N2O2/c16-11-5-4-10(8-12(11)17)19-14(20)9-13(15(19)21)18-6-2-1-3-7-18/h4-5,8,13H,1-3,6-7,9H2/p+1. The van der Waals surface area contributed by atoms with E-state index >= 15 is 0 Å². The minimum absolute atomic E-state index is 0.115. The molecule has 0 radical (unpaired) electrons. The average molecular weight is 328 g/mol. The number of anilines is 1. The van der Waals surface area contributed by atoms with Gasteiger partial charge < -0.3 is 4.90 Å². The number of nitrogens with one attached hydrogen (secondary N) is 1. The number of imide groups is 1. The zero-order valence-corrected chi connectivity index (χ0v) is 13.1. The Labute approximate surface area is 133 Å². The van der Waals surface area contributed by atoms with Crippen LogP contribution in [0, 0.1) is 0 Å². The van der Waals surface area contributed by atoms with Crippen LogP contribution in [0.3, 0.4) is 0 Å². The third kappa shape index (κ3) is 2.80. The maximum atomic E-state index is 12.6. The summed E-state index contributed by atoms with van der Waals surface area (Å²) in [7, 11) is 0. The summed E-state index contributed by atoms with van der Waals surface area (Å²) in [5, 5.41) is 0.765.